The van der Waals surface area contributed by atoms with Gasteiger partial charge < -0.3 is 10.5 Å². The number of hydrogen-bond donors (Lipinski definition) is 2. The molecule has 0 unspecified atom stereocenters. The monoisotopic (exact) mass is 399 g/mol. The maximum Gasteiger partial charge on any atom is 0.279 e. The van der Waals surface area contributed by atoms with E-state index in [-0.39, 0.29) is 11.3 Å². The molecule has 1 amide bonds. The van der Waals surface area contributed by atoms with Gasteiger partial charge in [0.15, 0.2) is 5.71 Å². The van der Waals surface area contributed by atoms with Crippen LogP contribution in [0.4, 0.5) is 5.69 Å². The zero-order valence-electron chi connectivity index (χ0n) is 14.0. The fourth-order valence-electron chi connectivity index (χ4n) is 2.88. The summed E-state index contributed by atoms with van der Waals surface area (Å²) in [4.78, 5) is 17.3. The number of carbonyl (C=O) groups excluding carboxylic acids is 1. The summed E-state index contributed by atoms with van der Waals surface area (Å²) in [6.45, 7) is 3.98. The molecule has 128 valence electrons. The molecular weight excluding hydrogens is 382 g/mol. The molecule has 0 aliphatic carbocycles. The molecule has 0 radical (unpaired) electrons. The largest absolute Gasteiger partial charge is 0.410 e. The first-order chi connectivity index (χ1) is 11.9. The average molecular weight is 400 g/mol. The first-order valence-electron chi connectivity index (χ1n) is 7.87. The number of rotatable bonds is 3. The Labute approximate surface area is 154 Å². The molecule has 6 heteroatoms. The molecule has 0 spiro atoms. The lowest BCUT2D eigenvalue weighted by atomic mass is 9.85. The second-order valence-electron chi connectivity index (χ2n) is 6.52. The molecule has 0 aromatic heterocycles. The number of anilines is 1. The quantitative estimate of drug-likeness (QED) is 0.464. The van der Waals surface area contributed by atoms with Crippen LogP contribution in [0.5, 0.6) is 0 Å². The molecule has 0 saturated heterocycles. The van der Waals surface area contributed by atoms with Gasteiger partial charge in [-0.1, -0.05) is 45.4 Å². The van der Waals surface area contributed by atoms with Crippen molar-refractivity contribution in [2.75, 3.05) is 5.32 Å². The van der Waals surface area contributed by atoms with Gasteiger partial charge in [0.1, 0.15) is 5.71 Å². The van der Waals surface area contributed by atoms with E-state index in [1.807, 2.05) is 50.2 Å². The molecule has 2 aromatic rings. The van der Waals surface area contributed by atoms with Crippen LogP contribution in [0.1, 0.15) is 25.0 Å². The molecule has 0 bridgehead atoms. The summed E-state index contributed by atoms with van der Waals surface area (Å²) in [5.74, 6) is -0.504. The number of nitrogens with one attached hydrogen (secondary N) is 1. The second-order valence-corrected chi connectivity index (χ2v) is 7.43. The minimum Gasteiger partial charge on any atom is -0.410 e. The summed E-state index contributed by atoms with van der Waals surface area (Å²) < 4.78 is 0.911. The molecule has 1 heterocycles. The van der Waals surface area contributed by atoms with Gasteiger partial charge in [-0.3, -0.25) is 9.79 Å². The lowest BCUT2D eigenvalue weighted by Gasteiger charge is -2.28. The minimum atomic E-state index is -0.504. The Morgan fingerprint density at radius 3 is 2.56 bits per heavy atom. The Bertz CT molecular complexity index is 870. The smallest absolute Gasteiger partial charge is 0.279 e. The highest BCUT2D eigenvalue weighted by Gasteiger charge is 2.31. The summed E-state index contributed by atoms with van der Waals surface area (Å²) in [5.41, 5.74) is 2.44. The predicted molar refractivity (Wildman–Crippen MR) is 103 cm³/mol. The van der Waals surface area contributed by atoms with Crippen molar-refractivity contribution >= 4 is 38.9 Å². The number of benzene rings is 2. The normalized spacial score (nSPS) is 16.0. The summed E-state index contributed by atoms with van der Waals surface area (Å²) in [6.07, 6.45) is 0.764. The van der Waals surface area contributed by atoms with Crippen LogP contribution in [0.3, 0.4) is 0 Å². The molecule has 2 N–H and O–H groups in total. The zero-order valence-corrected chi connectivity index (χ0v) is 15.5. The van der Waals surface area contributed by atoms with Crippen molar-refractivity contribution in [3.8, 4) is 0 Å². The minimum absolute atomic E-state index is 0.0943. The molecule has 5 nitrogen and oxygen atoms in total. The van der Waals surface area contributed by atoms with Gasteiger partial charge in [-0.15, -0.1) is 0 Å². The van der Waals surface area contributed by atoms with E-state index in [1.54, 1.807) is 12.1 Å². The van der Waals surface area contributed by atoms with Gasteiger partial charge in [-0.05, 0) is 50.1 Å². The van der Waals surface area contributed by atoms with Gasteiger partial charge in [0.2, 0.25) is 0 Å². The maximum absolute atomic E-state index is 12.7. The Balaban J connectivity index is 1.95. The number of aliphatic imine (C=N–C) groups is 1. The number of oxime groups is 1. The molecule has 0 atom stereocenters. The first kappa shape index (κ1) is 17.4. The Hall–Kier alpha value is -2.47. The summed E-state index contributed by atoms with van der Waals surface area (Å²) in [6, 6.07) is 14.9. The predicted octanol–water partition coefficient (Wildman–Crippen LogP) is 4.04. The fourth-order valence-corrected chi connectivity index (χ4v) is 3.14. The highest BCUT2D eigenvalue weighted by molar-refractivity contribution is 9.10. The number of halogens is 1. The van der Waals surface area contributed by atoms with Crippen LogP contribution in [0.2, 0.25) is 0 Å². The van der Waals surface area contributed by atoms with Crippen molar-refractivity contribution in [2.45, 2.75) is 25.8 Å². The number of hydrogen-bond acceptors (Lipinski definition) is 4. The van der Waals surface area contributed by atoms with E-state index in [1.165, 1.54) is 0 Å². The molecule has 0 fully saturated rings. The van der Waals surface area contributed by atoms with E-state index < -0.39 is 5.91 Å². The van der Waals surface area contributed by atoms with Crippen LogP contribution >= 0.6 is 15.9 Å². The average Bonchev–Trinajstić information content (AvgIpc) is 2.56. The van der Waals surface area contributed by atoms with Crippen LogP contribution in [-0.4, -0.2) is 28.1 Å². The summed E-state index contributed by atoms with van der Waals surface area (Å²) in [7, 11) is 0. The van der Waals surface area contributed by atoms with Crippen molar-refractivity contribution in [2.24, 2.45) is 10.1 Å². The number of carbonyl (C=O) groups is 1. The third-order valence-corrected chi connectivity index (χ3v) is 4.48. The summed E-state index contributed by atoms with van der Waals surface area (Å²) in [5, 5.41) is 15.5. The SMILES string of the molecule is CC1(C)Cc2ccccc2C(/C(=N/O)C(=O)Nc2ccc(Br)cc2)=N1. The van der Waals surface area contributed by atoms with Gasteiger partial charge in [0.05, 0.1) is 5.54 Å². The highest BCUT2D eigenvalue weighted by Crippen LogP contribution is 2.27. The van der Waals surface area contributed by atoms with Crippen molar-refractivity contribution in [1.82, 2.24) is 0 Å². The van der Waals surface area contributed by atoms with Gasteiger partial charge in [-0.2, -0.15) is 0 Å². The molecule has 1 aliphatic rings. The van der Waals surface area contributed by atoms with Gasteiger partial charge in [0, 0.05) is 15.7 Å². The molecule has 25 heavy (non-hydrogen) atoms. The van der Waals surface area contributed by atoms with Crippen LogP contribution in [0.15, 0.2) is 63.2 Å². The molecular formula is C19H18BrN3O2. The van der Waals surface area contributed by atoms with E-state index >= 15 is 0 Å². The topological polar surface area (TPSA) is 74.1 Å². The third kappa shape index (κ3) is 3.79. The first-order valence-corrected chi connectivity index (χ1v) is 8.66. The Kier molecular flexibility index (Phi) is 4.72. The standard InChI is InChI=1S/C19H18BrN3O2/c1-19(2)11-12-5-3-4-6-15(12)16(22-19)17(23-25)18(24)21-14-9-7-13(20)8-10-14/h3-10,25H,11H2,1-2H3,(H,21,24)/b23-17-. The Morgan fingerprint density at radius 2 is 1.88 bits per heavy atom. The molecule has 3 rings (SSSR count). The molecule has 2 aromatic carbocycles. The van der Waals surface area contributed by atoms with E-state index in [0.29, 0.717) is 11.4 Å². The van der Waals surface area contributed by atoms with Gasteiger partial charge in [-0.25, -0.2) is 0 Å². The van der Waals surface area contributed by atoms with E-state index in [2.05, 4.69) is 31.4 Å². The van der Waals surface area contributed by atoms with E-state index in [0.717, 1.165) is 22.0 Å². The van der Waals surface area contributed by atoms with Crippen molar-refractivity contribution < 1.29 is 10.0 Å². The van der Waals surface area contributed by atoms with Gasteiger partial charge in [0.25, 0.3) is 5.91 Å². The second kappa shape index (κ2) is 6.80. The number of nitrogens with zero attached hydrogens (tertiary/aromatic N) is 2. The van der Waals surface area contributed by atoms with E-state index in [9.17, 15) is 10.0 Å². The lowest BCUT2D eigenvalue weighted by molar-refractivity contribution is -0.110. The lowest BCUT2D eigenvalue weighted by Crippen LogP contribution is -2.37. The molecule has 1 aliphatic heterocycles. The molecule has 0 saturated carbocycles. The number of amides is 1. The van der Waals surface area contributed by atoms with Crippen molar-refractivity contribution in [3.63, 3.8) is 0 Å². The van der Waals surface area contributed by atoms with Crippen LogP contribution in [0.25, 0.3) is 0 Å². The van der Waals surface area contributed by atoms with Crippen molar-refractivity contribution in [3.05, 3.63) is 64.1 Å². The van der Waals surface area contributed by atoms with Crippen LogP contribution < -0.4 is 5.32 Å². The maximum atomic E-state index is 12.7. The van der Waals surface area contributed by atoms with Crippen LogP contribution in [-0.2, 0) is 11.2 Å². The van der Waals surface area contributed by atoms with Gasteiger partial charge >= 0.3 is 0 Å². The number of fused-ring (bicyclic) bond motifs is 1. The fraction of sp³-hybridized carbons (Fsp3) is 0.211. The van der Waals surface area contributed by atoms with Crippen molar-refractivity contribution in [1.29, 1.82) is 0 Å². The van der Waals surface area contributed by atoms with E-state index in [4.69, 9.17) is 0 Å². The highest BCUT2D eigenvalue weighted by atomic mass is 79.9. The summed E-state index contributed by atoms with van der Waals surface area (Å²) >= 11 is 3.35. The Morgan fingerprint density at radius 1 is 1.20 bits per heavy atom. The third-order valence-electron chi connectivity index (χ3n) is 3.95. The van der Waals surface area contributed by atoms with Crippen LogP contribution in [0, 0.1) is 0 Å². The zero-order chi connectivity index (χ0) is 18.0.